The highest BCUT2D eigenvalue weighted by Crippen LogP contribution is 2.32. The van der Waals surface area contributed by atoms with Crippen LogP contribution < -0.4 is 20.4 Å². The molecule has 0 bridgehead atoms. The maximum absolute atomic E-state index is 13.2. The van der Waals surface area contributed by atoms with E-state index in [1.165, 1.54) is 18.2 Å². The summed E-state index contributed by atoms with van der Waals surface area (Å²) in [5, 5.41) is 5.66. The summed E-state index contributed by atoms with van der Waals surface area (Å²) in [6, 6.07) is 13.2. The number of carbonyl (C=O) groups is 1. The van der Waals surface area contributed by atoms with Crippen molar-refractivity contribution < 1.29 is 18.0 Å². The lowest BCUT2D eigenvalue weighted by atomic mass is 9.96. The van der Waals surface area contributed by atoms with E-state index < -0.39 is 11.7 Å². The first-order chi connectivity index (χ1) is 17.7. The summed E-state index contributed by atoms with van der Waals surface area (Å²) in [4.78, 5) is 30.4. The Labute approximate surface area is 213 Å². The maximum atomic E-state index is 13.2. The van der Waals surface area contributed by atoms with Crippen molar-refractivity contribution in [2.24, 2.45) is 5.92 Å². The first-order valence-electron chi connectivity index (χ1n) is 12.0. The topological polar surface area (TPSA) is 86.3 Å². The number of alkyl halides is 3. The van der Waals surface area contributed by atoms with Crippen LogP contribution in [0.5, 0.6) is 0 Å². The van der Waals surface area contributed by atoms with Gasteiger partial charge in [0.1, 0.15) is 0 Å². The SMILES string of the molecule is CNc1nc(-c2ccc(N(C)C)cc2)nc(N2CCC(C(=O)NCc3ccccc3C(F)(F)F)CC2)n1. The smallest absolute Gasteiger partial charge is 0.378 e. The lowest BCUT2D eigenvalue weighted by Crippen LogP contribution is -2.41. The zero-order valence-corrected chi connectivity index (χ0v) is 21.0. The molecule has 1 aromatic heterocycles. The van der Waals surface area contributed by atoms with E-state index in [9.17, 15) is 18.0 Å². The van der Waals surface area contributed by atoms with Crippen molar-refractivity contribution in [3.05, 3.63) is 59.7 Å². The number of piperidine rings is 1. The highest BCUT2D eigenvalue weighted by molar-refractivity contribution is 5.79. The molecule has 11 heteroatoms. The molecule has 1 aliphatic heterocycles. The van der Waals surface area contributed by atoms with Gasteiger partial charge in [0.05, 0.1) is 5.56 Å². The van der Waals surface area contributed by atoms with Crippen molar-refractivity contribution in [1.82, 2.24) is 20.3 Å². The third-order valence-electron chi connectivity index (χ3n) is 6.41. The van der Waals surface area contributed by atoms with Gasteiger partial charge in [-0.05, 0) is 48.7 Å². The highest BCUT2D eigenvalue weighted by atomic mass is 19.4. The van der Waals surface area contributed by atoms with Gasteiger partial charge < -0.3 is 20.4 Å². The Hall–Kier alpha value is -3.89. The van der Waals surface area contributed by atoms with E-state index in [1.807, 2.05) is 48.2 Å². The predicted molar refractivity (Wildman–Crippen MR) is 137 cm³/mol. The Balaban J connectivity index is 1.40. The van der Waals surface area contributed by atoms with Crippen molar-refractivity contribution in [3.8, 4) is 11.4 Å². The molecule has 37 heavy (non-hydrogen) atoms. The van der Waals surface area contributed by atoms with Gasteiger partial charge in [0.15, 0.2) is 5.82 Å². The molecule has 1 fully saturated rings. The molecule has 0 atom stereocenters. The molecular weight excluding hydrogens is 483 g/mol. The molecule has 2 N–H and O–H groups in total. The Morgan fingerprint density at radius 3 is 2.32 bits per heavy atom. The second-order valence-corrected chi connectivity index (χ2v) is 9.11. The fourth-order valence-electron chi connectivity index (χ4n) is 4.28. The number of rotatable bonds is 7. The molecule has 8 nitrogen and oxygen atoms in total. The second-order valence-electron chi connectivity index (χ2n) is 9.11. The standard InChI is InChI=1S/C26H30F3N7O/c1-30-24-32-22(17-8-10-20(11-9-17)35(2)3)33-25(34-24)36-14-12-18(13-15-36)23(37)31-16-19-6-4-5-7-21(19)26(27,28)29/h4-11,18H,12-16H2,1-3H3,(H,31,37)(H,30,32,33,34). The van der Waals surface area contributed by atoms with Crippen molar-refractivity contribution >= 4 is 23.5 Å². The number of anilines is 3. The van der Waals surface area contributed by atoms with E-state index in [1.54, 1.807) is 7.05 Å². The van der Waals surface area contributed by atoms with Gasteiger partial charge in [0.2, 0.25) is 17.8 Å². The first kappa shape index (κ1) is 26.2. The minimum absolute atomic E-state index is 0.0525. The van der Waals surface area contributed by atoms with Crippen LogP contribution in [0.15, 0.2) is 48.5 Å². The van der Waals surface area contributed by atoms with Gasteiger partial charge in [-0.15, -0.1) is 0 Å². The van der Waals surface area contributed by atoms with E-state index >= 15 is 0 Å². The fraction of sp³-hybridized carbons (Fsp3) is 0.385. The summed E-state index contributed by atoms with van der Waals surface area (Å²) in [5.74, 6) is 0.967. The first-order valence-corrected chi connectivity index (χ1v) is 12.0. The Morgan fingerprint density at radius 1 is 1.03 bits per heavy atom. The van der Waals surface area contributed by atoms with Gasteiger partial charge in [-0.3, -0.25) is 4.79 Å². The predicted octanol–water partition coefficient (Wildman–Crippen LogP) is 4.20. The van der Waals surface area contributed by atoms with E-state index in [0.29, 0.717) is 43.7 Å². The van der Waals surface area contributed by atoms with Gasteiger partial charge in [-0.25, -0.2) is 0 Å². The van der Waals surface area contributed by atoms with Gasteiger partial charge in [-0.1, -0.05) is 18.2 Å². The largest absolute Gasteiger partial charge is 0.416 e. The number of nitrogens with one attached hydrogen (secondary N) is 2. The number of carbonyl (C=O) groups excluding carboxylic acids is 1. The quantitative estimate of drug-likeness (QED) is 0.490. The molecule has 0 aliphatic carbocycles. The maximum Gasteiger partial charge on any atom is 0.416 e. The van der Waals surface area contributed by atoms with Crippen LogP contribution in [0.4, 0.5) is 30.8 Å². The number of nitrogens with zero attached hydrogens (tertiary/aromatic N) is 5. The van der Waals surface area contributed by atoms with Crippen molar-refractivity contribution in [2.75, 3.05) is 49.3 Å². The van der Waals surface area contributed by atoms with E-state index in [-0.39, 0.29) is 23.9 Å². The van der Waals surface area contributed by atoms with Crippen LogP contribution in [-0.4, -0.2) is 55.1 Å². The average Bonchev–Trinajstić information content (AvgIpc) is 2.91. The normalized spacial score (nSPS) is 14.4. The van der Waals surface area contributed by atoms with Gasteiger partial charge in [0, 0.05) is 57.9 Å². The summed E-state index contributed by atoms with van der Waals surface area (Å²) in [7, 11) is 5.69. The molecule has 1 aliphatic rings. The van der Waals surface area contributed by atoms with Crippen LogP contribution >= 0.6 is 0 Å². The lowest BCUT2D eigenvalue weighted by molar-refractivity contribution is -0.138. The second kappa shape index (κ2) is 11.0. The van der Waals surface area contributed by atoms with E-state index in [4.69, 9.17) is 0 Å². The molecule has 2 aromatic carbocycles. The summed E-state index contributed by atoms with van der Waals surface area (Å²) in [5.41, 5.74) is 1.25. The third-order valence-corrected chi connectivity index (χ3v) is 6.41. The molecular formula is C26H30F3N7O. The van der Waals surface area contributed by atoms with Crippen LogP contribution in [-0.2, 0) is 17.5 Å². The number of hydrogen-bond donors (Lipinski definition) is 2. The number of halogens is 3. The minimum Gasteiger partial charge on any atom is -0.378 e. The van der Waals surface area contributed by atoms with E-state index in [0.717, 1.165) is 17.3 Å². The van der Waals surface area contributed by atoms with Crippen LogP contribution in [0, 0.1) is 5.92 Å². The molecule has 1 saturated heterocycles. The summed E-state index contributed by atoms with van der Waals surface area (Å²) >= 11 is 0. The van der Waals surface area contributed by atoms with Crippen molar-refractivity contribution in [1.29, 1.82) is 0 Å². The average molecular weight is 514 g/mol. The highest BCUT2D eigenvalue weighted by Gasteiger charge is 2.33. The van der Waals surface area contributed by atoms with Crippen LogP contribution in [0.1, 0.15) is 24.0 Å². The van der Waals surface area contributed by atoms with Gasteiger partial charge in [-0.2, -0.15) is 28.1 Å². The molecule has 3 aromatic rings. The Morgan fingerprint density at radius 2 is 1.70 bits per heavy atom. The number of aromatic nitrogens is 3. The zero-order chi connectivity index (χ0) is 26.6. The van der Waals surface area contributed by atoms with Crippen LogP contribution in [0.3, 0.4) is 0 Å². The minimum atomic E-state index is -4.46. The molecule has 2 heterocycles. The van der Waals surface area contributed by atoms with Crippen LogP contribution in [0.25, 0.3) is 11.4 Å². The summed E-state index contributed by atoms with van der Waals surface area (Å²) < 4.78 is 39.7. The molecule has 0 spiro atoms. The van der Waals surface area contributed by atoms with Gasteiger partial charge >= 0.3 is 6.18 Å². The Kier molecular flexibility index (Phi) is 7.80. The molecule has 1 amide bonds. The number of amides is 1. The van der Waals surface area contributed by atoms with Crippen molar-refractivity contribution in [2.45, 2.75) is 25.6 Å². The third kappa shape index (κ3) is 6.28. The zero-order valence-electron chi connectivity index (χ0n) is 21.0. The molecule has 196 valence electrons. The molecule has 0 saturated carbocycles. The summed E-state index contributed by atoms with van der Waals surface area (Å²) in [6.07, 6.45) is -3.38. The summed E-state index contributed by atoms with van der Waals surface area (Å²) in [6.45, 7) is 0.927. The van der Waals surface area contributed by atoms with Crippen molar-refractivity contribution in [3.63, 3.8) is 0 Å². The van der Waals surface area contributed by atoms with Gasteiger partial charge in [0.25, 0.3) is 0 Å². The number of benzene rings is 2. The molecule has 0 unspecified atom stereocenters. The fourth-order valence-corrected chi connectivity index (χ4v) is 4.28. The Bertz CT molecular complexity index is 1220. The molecule has 0 radical (unpaired) electrons. The monoisotopic (exact) mass is 513 g/mol. The number of hydrogen-bond acceptors (Lipinski definition) is 7. The van der Waals surface area contributed by atoms with Crippen LogP contribution in [0.2, 0.25) is 0 Å². The molecule has 4 rings (SSSR count). The lowest BCUT2D eigenvalue weighted by Gasteiger charge is -2.31. The van der Waals surface area contributed by atoms with E-state index in [2.05, 4.69) is 25.6 Å².